The molecular weight excluding hydrogens is 1480 g/mol. The van der Waals surface area contributed by atoms with E-state index in [9.17, 15) is 27.6 Å². The Morgan fingerprint density at radius 2 is 1.16 bits per heavy atom. The van der Waals surface area contributed by atoms with Gasteiger partial charge in [0.2, 0.25) is 0 Å². The number of nitrogens with one attached hydrogen (secondary N) is 2. The van der Waals surface area contributed by atoms with Gasteiger partial charge < -0.3 is 57.7 Å². The number of hydrogen-bond acceptors (Lipinski definition) is 19. The van der Waals surface area contributed by atoms with Crippen LogP contribution in [0.25, 0.3) is 44.0 Å². The summed E-state index contributed by atoms with van der Waals surface area (Å²) < 4.78 is 89.4. The van der Waals surface area contributed by atoms with Gasteiger partial charge in [-0.2, -0.15) is 13.2 Å². The minimum absolute atomic E-state index is 0.126. The van der Waals surface area contributed by atoms with E-state index in [2.05, 4.69) is 56.3 Å². The van der Waals surface area contributed by atoms with Gasteiger partial charge in [-0.05, 0) is 253 Å². The van der Waals surface area contributed by atoms with E-state index < -0.39 is 34.6 Å². The average molecular weight is 1590 g/mol. The van der Waals surface area contributed by atoms with Crippen LogP contribution < -0.4 is 48.7 Å². The first-order valence-corrected chi connectivity index (χ1v) is 38.4. The number of ether oxygens (including phenoxy) is 9. The van der Waals surface area contributed by atoms with Crippen molar-refractivity contribution in [2.24, 2.45) is 0 Å². The van der Waals surface area contributed by atoms with E-state index in [1.807, 2.05) is 171 Å². The Labute approximate surface area is 667 Å². The predicted octanol–water partition coefficient (Wildman–Crippen LogP) is 21.4. The third kappa shape index (κ3) is 26.7. The second-order valence-corrected chi connectivity index (χ2v) is 34.1. The Morgan fingerprint density at radius 3 is 1.73 bits per heavy atom. The number of carbonyl (C=O) groups excluding carboxylic acids is 3. The number of anilines is 3. The highest BCUT2D eigenvalue weighted by Crippen LogP contribution is 2.42. The number of piperidine rings is 1. The summed E-state index contributed by atoms with van der Waals surface area (Å²) in [4.78, 5) is 57.5. The number of methoxy groups -OCH3 is 3. The fraction of sp³-hybridized carbons (Fsp3) is 0.465. The number of benzene rings is 6. The smallest absolute Gasteiger partial charge is 0.416 e. The van der Waals surface area contributed by atoms with Crippen LogP contribution in [0.1, 0.15) is 170 Å². The summed E-state index contributed by atoms with van der Waals surface area (Å²) in [5.74, 6) is 5.08. The quantitative estimate of drug-likeness (QED) is 0.0914. The first-order chi connectivity index (χ1) is 52.1. The van der Waals surface area contributed by atoms with E-state index in [1.165, 1.54) is 18.1 Å². The van der Waals surface area contributed by atoms with E-state index in [0.717, 1.165) is 134 Å². The number of pyridine rings is 2. The standard InChI is InChI=1S/C21H27N3O2S.C17H21ClN2O3.C17H23F3N2O2.C16H24N2O3.C15H18O2/c1-12(2)22-20-24-16(11-27-20)15-10-18(26-21(4,5)6)14-8-9-17(25-7)13(3)19(14)23-15;1-17(2,3)23-13-9-11(16(21)20(4)5)19-15-10(13)7-8-12(22-6)14(15)18;1-16(2,3)24-15(23)21-13-11-12(17(18,19)20)7-8-14(13)22-9-5-4-6-10-22;1-16(2,3)21-15(19)18-9-12-6-7-14(8-13(12)10-18)20-11-17(4)5;1-15(2,3)17-14-7-5-6-11-10-12(16-4)8-9-13(11)14/h8-12H,1-7H3,(H,22,24);7-9H,1-6H3;7-8,11H,4-6,9-10H2,1-3H3,(H,21,23);6-8H,9-11H2,1-5H3;5-10H,1-4H3. The molecule has 0 saturated carbocycles. The SMILES string of the molecule is CC(C)(C)OC(=O)Nc1cc(C(F)(F)F)ccc1N1CCCCC1.CN(C)COc1ccc2c(c1)CN(C(=O)OC(C)(C)C)C2.COc1ccc2c(OC(C)(C)C)cc(-c3csc(NC(C)C)n3)nc2c1C.COc1ccc2c(OC(C)(C)C)cc(C(=O)N(C)C)nc2c1Cl.COc1ccc2c(OC(C)(C)C)cccc2c1. The Morgan fingerprint density at radius 1 is 0.580 bits per heavy atom. The van der Waals surface area contributed by atoms with Gasteiger partial charge >= 0.3 is 18.4 Å². The monoisotopic (exact) mass is 1590 g/mol. The summed E-state index contributed by atoms with van der Waals surface area (Å²) in [6.07, 6.45) is -2.44. The Balaban J connectivity index is 0.000000196. The maximum atomic E-state index is 13.0. The maximum Gasteiger partial charge on any atom is 0.416 e. The number of rotatable bonds is 15. The van der Waals surface area contributed by atoms with Crippen LogP contribution in [0, 0.1) is 6.92 Å². The third-order valence-electron chi connectivity index (χ3n) is 16.2. The van der Waals surface area contributed by atoms with Crippen molar-refractivity contribution in [2.75, 3.05) is 84.9 Å². The van der Waals surface area contributed by atoms with Crippen molar-refractivity contribution < 1.29 is 70.2 Å². The van der Waals surface area contributed by atoms with Crippen LogP contribution in [-0.2, 0) is 28.7 Å². The molecule has 0 unspecified atom stereocenters. The van der Waals surface area contributed by atoms with Gasteiger partial charge in [-0.1, -0.05) is 29.8 Å². The zero-order valence-corrected chi connectivity index (χ0v) is 71.2. The first kappa shape index (κ1) is 89.5. The van der Waals surface area contributed by atoms with Crippen LogP contribution in [0.5, 0.6) is 40.2 Å². The Hall–Kier alpha value is -9.72. The molecule has 21 nitrogen and oxygen atoms in total. The Kier molecular flexibility index (Phi) is 30.2. The van der Waals surface area contributed by atoms with Crippen LogP contribution >= 0.6 is 22.9 Å². The van der Waals surface area contributed by atoms with Crippen LogP contribution in [0.15, 0.2) is 115 Å². The fourth-order valence-corrected chi connectivity index (χ4v) is 12.6. The van der Waals surface area contributed by atoms with E-state index in [0.29, 0.717) is 53.6 Å². The topological polar surface area (TPSA) is 210 Å². The molecule has 0 aliphatic carbocycles. The van der Waals surface area contributed by atoms with Gasteiger partial charge in [-0.15, -0.1) is 11.3 Å². The minimum atomic E-state index is -4.47. The van der Waals surface area contributed by atoms with Gasteiger partial charge in [0.1, 0.15) is 91.4 Å². The number of nitrogens with zero attached hydrogens (tertiary/aromatic N) is 7. The molecule has 0 bridgehead atoms. The number of fused-ring (bicyclic) bond motifs is 4. The van der Waals surface area contributed by atoms with Crippen molar-refractivity contribution in [1.82, 2.24) is 29.7 Å². The minimum Gasteiger partial charge on any atom is -0.497 e. The number of carbonyl (C=O) groups is 3. The lowest BCUT2D eigenvalue weighted by molar-refractivity contribution is -0.137. The molecule has 1 saturated heterocycles. The highest BCUT2D eigenvalue weighted by molar-refractivity contribution is 7.14. The number of hydrogen-bond donors (Lipinski definition) is 2. The molecule has 3 amide bonds. The number of thiazole rings is 1. The molecule has 3 aromatic heterocycles. The maximum absolute atomic E-state index is 13.0. The molecule has 26 heteroatoms. The molecule has 112 heavy (non-hydrogen) atoms. The van der Waals surface area contributed by atoms with Crippen LogP contribution in [-0.4, -0.2) is 151 Å². The van der Waals surface area contributed by atoms with Crippen LogP contribution in [0.3, 0.4) is 0 Å². The van der Waals surface area contributed by atoms with Crippen LogP contribution in [0.2, 0.25) is 5.02 Å². The summed E-state index contributed by atoms with van der Waals surface area (Å²) in [5.41, 5.74) is 4.34. The molecular formula is C86H113ClF3N9O12S. The molecule has 9 aromatic rings. The molecule has 2 aliphatic rings. The van der Waals surface area contributed by atoms with Gasteiger partial charge in [-0.25, -0.2) is 24.5 Å². The average Bonchev–Trinajstić information content (AvgIpc) is 1.34. The summed E-state index contributed by atoms with van der Waals surface area (Å²) >= 11 is 7.95. The van der Waals surface area contributed by atoms with Gasteiger partial charge in [0.25, 0.3) is 5.91 Å². The molecule has 0 spiro atoms. The van der Waals surface area contributed by atoms with Gasteiger partial charge in [-0.3, -0.25) is 19.9 Å². The molecule has 2 aliphatic heterocycles. The summed E-state index contributed by atoms with van der Waals surface area (Å²) in [5, 5.41) is 13.0. The van der Waals surface area contributed by atoms with Crippen molar-refractivity contribution in [3.05, 3.63) is 148 Å². The van der Waals surface area contributed by atoms with Gasteiger partial charge in [0.15, 0.2) is 5.13 Å². The predicted molar refractivity (Wildman–Crippen MR) is 444 cm³/mol. The zero-order valence-electron chi connectivity index (χ0n) is 69.7. The normalized spacial score (nSPS) is 13.1. The van der Waals surface area contributed by atoms with E-state index in [1.54, 1.807) is 77.5 Å². The van der Waals surface area contributed by atoms with E-state index >= 15 is 0 Å². The summed E-state index contributed by atoms with van der Waals surface area (Å²) in [7, 11) is 12.1. The fourth-order valence-electron chi connectivity index (χ4n) is 11.5. The van der Waals surface area contributed by atoms with Crippen molar-refractivity contribution in [3.63, 3.8) is 0 Å². The van der Waals surface area contributed by atoms with E-state index in [-0.39, 0.29) is 34.6 Å². The largest absolute Gasteiger partial charge is 0.497 e. The molecule has 2 N–H and O–H groups in total. The lowest BCUT2D eigenvalue weighted by Gasteiger charge is -2.31. The second-order valence-electron chi connectivity index (χ2n) is 32.8. The lowest BCUT2D eigenvalue weighted by Crippen LogP contribution is -2.33. The highest BCUT2D eigenvalue weighted by Gasteiger charge is 2.33. The van der Waals surface area contributed by atoms with E-state index in [4.69, 9.17) is 64.2 Å². The molecule has 11 rings (SSSR count). The number of alkyl halides is 3. The van der Waals surface area contributed by atoms with Crippen molar-refractivity contribution in [1.29, 1.82) is 0 Å². The van der Waals surface area contributed by atoms with Crippen molar-refractivity contribution in [3.8, 4) is 51.6 Å². The van der Waals surface area contributed by atoms with Crippen molar-refractivity contribution >= 4 is 90.1 Å². The molecule has 6 aromatic carbocycles. The lowest BCUT2D eigenvalue weighted by atomic mass is 10.1. The number of aromatic nitrogens is 3. The Bertz CT molecular complexity index is 4700. The molecule has 0 radical (unpaired) electrons. The van der Waals surface area contributed by atoms with Gasteiger partial charge in [0.05, 0.1) is 55.0 Å². The summed E-state index contributed by atoms with van der Waals surface area (Å²) in [6.45, 7) is 38.3. The number of halogens is 4. The number of aryl methyl sites for hydroxylation is 1. The molecule has 1 fully saturated rings. The number of amides is 3. The zero-order chi connectivity index (χ0) is 83.2. The molecule has 0 atom stereocenters. The van der Waals surface area contributed by atoms with Crippen molar-refractivity contribution in [2.45, 2.75) is 197 Å². The highest BCUT2D eigenvalue weighted by atomic mass is 35.5. The third-order valence-corrected chi connectivity index (χ3v) is 17.4. The molecule has 608 valence electrons. The summed E-state index contributed by atoms with van der Waals surface area (Å²) in [6, 6.07) is 33.0. The second kappa shape index (κ2) is 37.7. The van der Waals surface area contributed by atoms with Crippen LogP contribution in [0.4, 0.5) is 39.3 Å². The molecule has 5 heterocycles. The first-order valence-electron chi connectivity index (χ1n) is 37.2. The van der Waals surface area contributed by atoms with Gasteiger partial charge in [0, 0.05) is 85.6 Å².